The molecule has 1 amide bonds. The van der Waals surface area contributed by atoms with Gasteiger partial charge in [-0.1, -0.05) is 17.4 Å². The molecule has 3 aromatic rings. The van der Waals surface area contributed by atoms with Crippen molar-refractivity contribution in [2.24, 2.45) is 5.92 Å². The van der Waals surface area contributed by atoms with Gasteiger partial charge in [-0.3, -0.25) is 4.79 Å². The van der Waals surface area contributed by atoms with Crippen LogP contribution in [0.4, 0.5) is 10.8 Å². The first kappa shape index (κ1) is 16.8. The Morgan fingerprint density at radius 2 is 2.08 bits per heavy atom. The highest BCUT2D eigenvalue weighted by Crippen LogP contribution is 2.32. The van der Waals surface area contributed by atoms with Crippen LogP contribution < -0.4 is 10.2 Å². The summed E-state index contributed by atoms with van der Waals surface area (Å²) in [4.78, 5) is 19.6. The summed E-state index contributed by atoms with van der Waals surface area (Å²) < 4.78 is 1.19. The van der Waals surface area contributed by atoms with E-state index in [1.807, 2.05) is 0 Å². The van der Waals surface area contributed by atoms with Crippen LogP contribution in [0.25, 0.3) is 10.2 Å². The maximum absolute atomic E-state index is 12.6. The standard InChI is InChI=1S/C20H21N3O2S/c1-13-4-9-17-18(11-13)26-20(22-17)23-10-2-3-14(12-23)19(25)21-15-5-7-16(24)8-6-15/h4-9,11,14,24H,2-3,10,12H2,1H3,(H,21,25). The van der Waals surface area contributed by atoms with Crippen LogP contribution in [-0.2, 0) is 4.79 Å². The molecule has 4 rings (SSSR count). The number of anilines is 2. The Labute approximate surface area is 156 Å². The van der Waals surface area contributed by atoms with E-state index in [1.165, 1.54) is 10.3 Å². The second kappa shape index (κ2) is 6.96. The summed E-state index contributed by atoms with van der Waals surface area (Å²) in [5.74, 6) is 0.154. The average Bonchev–Trinajstić information content (AvgIpc) is 3.07. The number of thiazole rings is 1. The number of aryl methyl sites for hydroxylation is 1. The van der Waals surface area contributed by atoms with Crippen molar-refractivity contribution in [3.05, 3.63) is 48.0 Å². The molecule has 1 atom stereocenters. The Morgan fingerprint density at radius 1 is 1.27 bits per heavy atom. The summed E-state index contributed by atoms with van der Waals surface area (Å²) >= 11 is 1.69. The van der Waals surface area contributed by atoms with E-state index in [2.05, 4.69) is 35.3 Å². The van der Waals surface area contributed by atoms with Crippen LogP contribution in [0.3, 0.4) is 0 Å². The topological polar surface area (TPSA) is 65.5 Å². The molecule has 0 radical (unpaired) electrons. The minimum absolute atomic E-state index is 0.0253. The van der Waals surface area contributed by atoms with E-state index in [9.17, 15) is 9.90 Å². The van der Waals surface area contributed by atoms with Gasteiger partial charge in [0, 0.05) is 18.8 Å². The van der Waals surface area contributed by atoms with E-state index in [-0.39, 0.29) is 17.6 Å². The first-order valence-electron chi connectivity index (χ1n) is 8.80. The van der Waals surface area contributed by atoms with Crippen molar-refractivity contribution in [1.82, 2.24) is 4.98 Å². The van der Waals surface area contributed by atoms with Gasteiger partial charge in [0.2, 0.25) is 5.91 Å². The molecule has 134 valence electrons. The minimum Gasteiger partial charge on any atom is -0.508 e. The number of nitrogens with one attached hydrogen (secondary N) is 1. The largest absolute Gasteiger partial charge is 0.508 e. The van der Waals surface area contributed by atoms with Gasteiger partial charge in [0.1, 0.15) is 5.75 Å². The van der Waals surface area contributed by atoms with Crippen LogP contribution in [0.15, 0.2) is 42.5 Å². The molecule has 1 fully saturated rings. The van der Waals surface area contributed by atoms with Crippen LogP contribution in [0.2, 0.25) is 0 Å². The van der Waals surface area contributed by atoms with E-state index in [0.717, 1.165) is 30.0 Å². The lowest BCUT2D eigenvalue weighted by molar-refractivity contribution is -0.120. The highest BCUT2D eigenvalue weighted by molar-refractivity contribution is 7.22. The Bertz CT molecular complexity index is 936. The van der Waals surface area contributed by atoms with Crippen molar-refractivity contribution in [2.45, 2.75) is 19.8 Å². The highest BCUT2D eigenvalue weighted by Gasteiger charge is 2.27. The molecule has 0 spiro atoms. The molecule has 2 N–H and O–H groups in total. The van der Waals surface area contributed by atoms with Crippen molar-refractivity contribution in [3.63, 3.8) is 0 Å². The van der Waals surface area contributed by atoms with Crippen molar-refractivity contribution in [2.75, 3.05) is 23.3 Å². The van der Waals surface area contributed by atoms with E-state index in [0.29, 0.717) is 12.2 Å². The maximum atomic E-state index is 12.6. The number of nitrogens with zero attached hydrogens (tertiary/aromatic N) is 2. The normalized spacial score (nSPS) is 17.4. The number of aromatic nitrogens is 1. The molecular formula is C20H21N3O2S. The van der Waals surface area contributed by atoms with Gasteiger partial charge in [-0.25, -0.2) is 4.98 Å². The third-order valence-corrected chi connectivity index (χ3v) is 5.81. The zero-order valence-electron chi connectivity index (χ0n) is 14.6. The zero-order chi connectivity index (χ0) is 18.1. The van der Waals surface area contributed by atoms with Crippen LogP contribution in [0.5, 0.6) is 5.75 Å². The fraction of sp³-hybridized carbons (Fsp3) is 0.300. The first-order valence-corrected chi connectivity index (χ1v) is 9.62. The van der Waals surface area contributed by atoms with Crippen molar-refractivity contribution >= 4 is 38.3 Å². The Hall–Kier alpha value is -2.60. The molecule has 2 heterocycles. The lowest BCUT2D eigenvalue weighted by Gasteiger charge is -2.31. The molecule has 2 aromatic carbocycles. The predicted molar refractivity (Wildman–Crippen MR) is 106 cm³/mol. The quantitative estimate of drug-likeness (QED) is 0.682. The molecular weight excluding hydrogens is 346 g/mol. The van der Waals surface area contributed by atoms with Gasteiger partial charge in [-0.05, 0) is 61.7 Å². The van der Waals surface area contributed by atoms with Crippen molar-refractivity contribution < 1.29 is 9.90 Å². The molecule has 1 aliphatic rings. The van der Waals surface area contributed by atoms with Crippen LogP contribution >= 0.6 is 11.3 Å². The van der Waals surface area contributed by atoms with Gasteiger partial charge < -0.3 is 15.3 Å². The molecule has 5 nitrogen and oxygen atoms in total. The van der Waals surface area contributed by atoms with Crippen LogP contribution in [-0.4, -0.2) is 29.1 Å². The smallest absolute Gasteiger partial charge is 0.229 e. The summed E-state index contributed by atoms with van der Waals surface area (Å²) in [7, 11) is 0. The second-order valence-electron chi connectivity index (χ2n) is 6.79. The molecule has 0 saturated carbocycles. The number of piperidine rings is 1. The third-order valence-electron chi connectivity index (χ3n) is 4.73. The number of phenolic OH excluding ortho intramolecular Hbond substituents is 1. The molecule has 26 heavy (non-hydrogen) atoms. The SMILES string of the molecule is Cc1ccc2nc(N3CCCC(C(=O)Nc4ccc(O)cc4)C3)sc2c1. The lowest BCUT2D eigenvalue weighted by atomic mass is 9.97. The fourth-order valence-corrected chi connectivity index (χ4v) is 4.41. The number of benzene rings is 2. The van der Waals surface area contributed by atoms with E-state index in [1.54, 1.807) is 35.6 Å². The number of amides is 1. The van der Waals surface area contributed by atoms with Gasteiger partial charge in [-0.2, -0.15) is 0 Å². The number of hydrogen-bond donors (Lipinski definition) is 2. The van der Waals surface area contributed by atoms with Crippen molar-refractivity contribution in [3.8, 4) is 5.75 Å². The summed E-state index contributed by atoms with van der Waals surface area (Å²) in [6.45, 7) is 3.70. The summed E-state index contributed by atoms with van der Waals surface area (Å²) in [5, 5.41) is 13.3. The Morgan fingerprint density at radius 3 is 2.88 bits per heavy atom. The first-order chi connectivity index (χ1) is 12.6. The van der Waals surface area contributed by atoms with E-state index >= 15 is 0 Å². The van der Waals surface area contributed by atoms with Crippen LogP contribution in [0, 0.1) is 12.8 Å². The van der Waals surface area contributed by atoms with E-state index in [4.69, 9.17) is 4.98 Å². The number of carbonyl (C=O) groups excluding carboxylic acids is 1. The fourth-order valence-electron chi connectivity index (χ4n) is 3.31. The number of carbonyl (C=O) groups is 1. The Kier molecular flexibility index (Phi) is 4.51. The maximum Gasteiger partial charge on any atom is 0.229 e. The molecule has 1 aliphatic heterocycles. The third kappa shape index (κ3) is 3.51. The van der Waals surface area contributed by atoms with Gasteiger partial charge in [-0.15, -0.1) is 0 Å². The number of aromatic hydroxyl groups is 1. The molecule has 0 bridgehead atoms. The van der Waals surface area contributed by atoms with Crippen molar-refractivity contribution in [1.29, 1.82) is 0 Å². The van der Waals surface area contributed by atoms with Gasteiger partial charge in [0.05, 0.1) is 16.1 Å². The number of rotatable bonds is 3. The summed E-state index contributed by atoms with van der Waals surface area (Å²) in [6.07, 6.45) is 1.85. The highest BCUT2D eigenvalue weighted by atomic mass is 32.1. The minimum atomic E-state index is -0.0636. The second-order valence-corrected chi connectivity index (χ2v) is 7.80. The Balaban J connectivity index is 1.47. The molecule has 1 unspecified atom stereocenters. The number of fused-ring (bicyclic) bond motifs is 1. The van der Waals surface area contributed by atoms with Gasteiger partial charge >= 0.3 is 0 Å². The lowest BCUT2D eigenvalue weighted by Crippen LogP contribution is -2.40. The van der Waals surface area contributed by atoms with Crippen LogP contribution in [0.1, 0.15) is 18.4 Å². The van der Waals surface area contributed by atoms with Gasteiger partial charge in [0.15, 0.2) is 5.13 Å². The number of phenols is 1. The monoisotopic (exact) mass is 367 g/mol. The molecule has 0 aliphatic carbocycles. The molecule has 1 saturated heterocycles. The number of hydrogen-bond acceptors (Lipinski definition) is 5. The average molecular weight is 367 g/mol. The zero-order valence-corrected chi connectivity index (χ0v) is 15.4. The summed E-state index contributed by atoms with van der Waals surface area (Å²) in [6, 6.07) is 12.9. The van der Waals surface area contributed by atoms with E-state index < -0.39 is 0 Å². The molecule has 1 aromatic heterocycles. The summed E-state index contributed by atoms with van der Waals surface area (Å²) in [5.41, 5.74) is 2.96. The predicted octanol–water partition coefficient (Wildman–Crippen LogP) is 4.17. The molecule has 6 heteroatoms. The van der Waals surface area contributed by atoms with Gasteiger partial charge in [0.25, 0.3) is 0 Å².